The SMILES string of the molecule is CN(C)C[C@@H]1C[C@@H]2CN(C(=O)c3ccc4[nH]ccc4c3)CC[C@@H]2N1C.O=C(O)C(F)(F)F.O=C(O)C(F)(F)F. The molecule has 3 N–H and O–H groups in total. The molecule has 1 amide bonds. The number of likely N-dealkylation sites (tertiary alicyclic amines) is 2. The van der Waals surface area contributed by atoms with Crippen LogP contribution in [0.25, 0.3) is 10.9 Å². The van der Waals surface area contributed by atoms with E-state index in [0.29, 0.717) is 18.0 Å². The summed E-state index contributed by atoms with van der Waals surface area (Å²) in [6.07, 6.45) is -5.97. The molecule has 15 heteroatoms. The third kappa shape index (κ3) is 8.85. The number of fused-ring (bicyclic) bond motifs is 2. The molecule has 0 bridgehead atoms. The predicted molar refractivity (Wildman–Crippen MR) is 128 cm³/mol. The quantitative estimate of drug-likeness (QED) is 0.485. The highest BCUT2D eigenvalue weighted by atomic mass is 19.4. The molecule has 1 aromatic carbocycles. The van der Waals surface area contributed by atoms with E-state index >= 15 is 0 Å². The van der Waals surface area contributed by atoms with Crippen LogP contribution >= 0.6 is 0 Å². The van der Waals surface area contributed by atoms with Crippen LogP contribution in [0.15, 0.2) is 30.5 Å². The van der Waals surface area contributed by atoms with Gasteiger partial charge in [-0.25, -0.2) is 9.59 Å². The van der Waals surface area contributed by atoms with Gasteiger partial charge in [-0.1, -0.05) is 0 Å². The maximum absolute atomic E-state index is 13.0. The standard InChI is InChI=1S/C20H28N4O.2C2HF3O2/c1-22(2)13-17-11-16-12-24(9-7-19(16)23(17)3)20(25)15-4-5-18-14(10-15)6-8-21-18;2*3-2(4,5)1(6)7/h4-6,8,10,16-17,19,21H,7,9,11-13H2,1-3H3;2*(H,6,7)/t16-,17+,19+;;/m1../s1. The molecule has 218 valence electrons. The van der Waals surface area contributed by atoms with Gasteiger partial charge >= 0.3 is 24.3 Å². The van der Waals surface area contributed by atoms with Crippen LogP contribution in [0.2, 0.25) is 0 Å². The molecule has 0 saturated carbocycles. The Morgan fingerprint density at radius 2 is 1.59 bits per heavy atom. The van der Waals surface area contributed by atoms with Crippen molar-refractivity contribution < 1.29 is 50.9 Å². The van der Waals surface area contributed by atoms with Crippen molar-refractivity contribution in [2.24, 2.45) is 5.92 Å². The summed E-state index contributed by atoms with van der Waals surface area (Å²) in [6.45, 7) is 2.86. The van der Waals surface area contributed by atoms with Crippen LogP contribution in [-0.2, 0) is 9.59 Å². The number of nitrogens with zero attached hydrogens (tertiary/aromatic N) is 3. The molecule has 3 heterocycles. The van der Waals surface area contributed by atoms with E-state index in [2.05, 4.69) is 40.8 Å². The number of nitrogens with one attached hydrogen (secondary N) is 1. The van der Waals surface area contributed by atoms with Crippen molar-refractivity contribution in [2.45, 2.75) is 37.3 Å². The highest BCUT2D eigenvalue weighted by molar-refractivity contribution is 5.98. The highest BCUT2D eigenvalue weighted by Crippen LogP contribution is 2.35. The average Bonchev–Trinajstić information content (AvgIpc) is 3.41. The van der Waals surface area contributed by atoms with Crippen LogP contribution in [-0.4, -0.2) is 113 Å². The van der Waals surface area contributed by atoms with Gasteiger partial charge in [-0.3, -0.25) is 9.69 Å². The van der Waals surface area contributed by atoms with Gasteiger partial charge in [0, 0.05) is 54.4 Å². The molecule has 4 rings (SSSR count). The first kappa shape index (κ1) is 31.9. The Labute approximate surface area is 220 Å². The van der Waals surface area contributed by atoms with Crippen molar-refractivity contribution in [1.29, 1.82) is 0 Å². The van der Waals surface area contributed by atoms with Gasteiger partial charge in [-0.15, -0.1) is 0 Å². The summed E-state index contributed by atoms with van der Waals surface area (Å²) in [4.78, 5) is 40.9. The summed E-state index contributed by atoms with van der Waals surface area (Å²) in [5.74, 6) is -4.73. The van der Waals surface area contributed by atoms with Crippen molar-refractivity contribution in [2.75, 3.05) is 40.8 Å². The number of carboxylic acids is 2. The Balaban J connectivity index is 0.000000317. The number of benzene rings is 1. The van der Waals surface area contributed by atoms with Gasteiger partial charge in [0.25, 0.3) is 5.91 Å². The molecule has 1 aromatic heterocycles. The summed E-state index contributed by atoms with van der Waals surface area (Å²) < 4.78 is 63.5. The molecule has 9 nitrogen and oxygen atoms in total. The molecule has 2 fully saturated rings. The van der Waals surface area contributed by atoms with E-state index in [1.807, 2.05) is 30.5 Å². The first-order valence-corrected chi connectivity index (χ1v) is 11.7. The first-order chi connectivity index (χ1) is 17.9. The zero-order valence-corrected chi connectivity index (χ0v) is 21.4. The monoisotopic (exact) mass is 568 g/mol. The molecule has 0 radical (unpaired) electrons. The van der Waals surface area contributed by atoms with E-state index < -0.39 is 24.3 Å². The maximum atomic E-state index is 13.0. The lowest BCUT2D eigenvalue weighted by molar-refractivity contribution is -0.193. The second-order valence-electron chi connectivity index (χ2n) is 9.57. The van der Waals surface area contributed by atoms with Crippen molar-refractivity contribution in [3.05, 3.63) is 36.0 Å². The number of hydrogen-bond acceptors (Lipinski definition) is 5. The number of carbonyl (C=O) groups excluding carboxylic acids is 1. The summed E-state index contributed by atoms with van der Waals surface area (Å²) in [5, 5.41) is 15.4. The van der Waals surface area contributed by atoms with Gasteiger partial charge in [0.05, 0.1) is 0 Å². The molecular formula is C24H30F6N4O5. The number of halogens is 6. The zero-order chi connectivity index (χ0) is 29.7. The number of likely N-dealkylation sites (N-methyl/N-ethyl adjacent to an activating group) is 2. The van der Waals surface area contributed by atoms with E-state index in [-0.39, 0.29) is 5.91 Å². The van der Waals surface area contributed by atoms with Gasteiger partial charge in [0.1, 0.15) is 0 Å². The van der Waals surface area contributed by atoms with Gasteiger partial charge in [-0.2, -0.15) is 26.3 Å². The van der Waals surface area contributed by atoms with Gasteiger partial charge in [0.15, 0.2) is 0 Å². The number of carboxylic acid groups (broad SMARTS) is 2. The Kier molecular flexibility index (Phi) is 10.4. The normalized spacial score (nSPS) is 21.5. The second-order valence-corrected chi connectivity index (χ2v) is 9.57. The minimum atomic E-state index is -5.08. The third-order valence-electron chi connectivity index (χ3n) is 6.52. The van der Waals surface area contributed by atoms with Crippen LogP contribution in [0.1, 0.15) is 23.2 Å². The number of carbonyl (C=O) groups is 3. The smallest absolute Gasteiger partial charge is 0.475 e. The van der Waals surface area contributed by atoms with Crippen molar-refractivity contribution in [1.82, 2.24) is 19.7 Å². The lowest BCUT2D eigenvalue weighted by Crippen LogP contribution is -2.48. The number of aromatic amines is 1. The van der Waals surface area contributed by atoms with E-state index in [1.165, 1.54) is 6.42 Å². The number of aliphatic carboxylic acids is 2. The molecule has 0 unspecified atom stereocenters. The minimum absolute atomic E-state index is 0.181. The first-order valence-electron chi connectivity index (χ1n) is 11.7. The third-order valence-corrected chi connectivity index (χ3v) is 6.52. The number of alkyl halides is 6. The lowest BCUT2D eigenvalue weighted by atomic mass is 9.91. The molecule has 2 aliphatic heterocycles. The van der Waals surface area contributed by atoms with E-state index in [1.54, 1.807) is 0 Å². The van der Waals surface area contributed by atoms with Gasteiger partial charge in [-0.05, 0) is 64.2 Å². The number of hydrogen-bond donors (Lipinski definition) is 3. The fourth-order valence-corrected chi connectivity index (χ4v) is 4.75. The van der Waals surface area contributed by atoms with Gasteiger partial charge < -0.3 is 25.0 Å². The molecule has 39 heavy (non-hydrogen) atoms. The van der Waals surface area contributed by atoms with Crippen molar-refractivity contribution in [3.8, 4) is 0 Å². The number of amides is 1. The summed E-state index contributed by atoms with van der Waals surface area (Å²) in [5.41, 5.74) is 1.89. The molecule has 2 saturated heterocycles. The molecule has 2 aliphatic rings. The summed E-state index contributed by atoms with van der Waals surface area (Å²) in [7, 11) is 6.54. The van der Waals surface area contributed by atoms with Crippen LogP contribution in [0.4, 0.5) is 26.3 Å². The topological polar surface area (TPSA) is 117 Å². The van der Waals surface area contributed by atoms with Crippen LogP contribution in [0, 0.1) is 5.92 Å². The Morgan fingerprint density at radius 1 is 1.03 bits per heavy atom. The molecule has 2 aromatic rings. The fraction of sp³-hybridized carbons (Fsp3) is 0.542. The van der Waals surface area contributed by atoms with Crippen molar-refractivity contribution in [3.63, 3.8) is 0 Å². The summed E-state index contributed by atoms with van der Waals surface area (Å²) in [6, 6.07) is 9.22. The number of rotatable bonds is 3. The Morgan fingerprint density at radius 3 is 2.10 bits per heavy atom. The average molecular weight is 569 g/mol. The largest absolute Gasteiger partial charge is 0.490 e. The maximum Gasteiger partial charge on any atom is 0.490 e. The van der Waals surface area contributed by atoms with Crippen LogP contribution < -0.4 is 0 Å². The fourth-order valence-electron chi connectivity index (χ4n) is 4.75. The summed E-state index contributed by atoms with van der Waals surface area (Å²) >= 11 is 0. The Bertz CT molecular complexity index is 1130. The number of piperidine rings is 1. The second kappa shape index (κ2) is 12.7. The zero-order valence-electron chi connectivity index (χ0n) is 21.4. The molecule has 0 spiro atoms. The Hall–Kier alpha value is -3.33. The van der Waals surface area contributed by atoms with Gasteiger partial charge in [0.2, 0.25) is 0 Å². The van der Waals surface area contributed by atoms with Crippen LogP contribution in [0.3, 0.4) is 0 Å². The lowest BCUT2D eigenvalue weighted by Gasteiger charge is -2.37. The predicted octanol–water partition coefficient (Wildman–Crippen LogP) is 3.53. The van der Waals surface area contributed by atoms with Crippen molar-refractivity contribution >= 4 is 28.7 Å². The van der Waals surface area contributed by atoms with E-state index in [9.17, 15) is 31.1 Å². The van der Waals surface area contributed by atoms with Crippen LogP contribution in [0.5, 0.6) is 0 Å². The van der Waals surface area contributed by atoms with E-state index in [4.69, 9.17) is 19.8 Å². The molecule has 0 aliphatic carbocycles. The highest BCUT2D eigenvalue weighted by Gasteiger charge is 2.43. The number of H-pyrrole nitrogens is 1. The molecule has 3 atom stereocenters. The van der Waals surface area contributed by atoms with E-state index in [0.717, 1.165) is 42.5 Å². The minimum Gasteiger partial charge on any atom is -0.475 e. The molecular weight excluding hydrogens is 538 g/mol. The number of aromatic nitrogens is 1.